The molecule has 0 atom stereocenters. The quantitative estimate of drug-likeness (QED) is 0.177. The van der Waals surface area contributed by atoms with Gasteiger partial charge in [0.25, 0.3) is 0 Å². The van der Waals surface area contributed by atoms with Gasteiger partial charge in [-0.1, -0.05) is 185 Å². The Balaban J connectivity index is 1.04. The molecule has 0 fully saturated rings. The van der Waals surface area contributed by atoms with Crippen molar-refractivity contribution in [2.24, 2.45) is 0 Å². The average Bonchev–Trinajstić information content (AvgIpc) is 4.02. The Morgan fingerprint density at radius 1 is 0.323 bits per heavy atom. The van der Waals surface area contributed by atoms with Crippen LogP contribution >= 0.6 is 0 Å². The second-order valence-electron chi connectivity index (χ2n) is 18.3. The first-order valence-corrected chi connectivity index (χ1v) is 21.8. The Bertz CT molecular complexity index is 3640. The van der Waals surface area contributed by atoms with Crippen molar-refractivity contribution in [1.29, 1.82) is 0 Å². The van der Waals surface area contributed by atoms with Gasteiger partial charge in [-0.05, 0) is 102 Å². The van der Waals surface area contributed by atoms with Crippen LogP contribution in [0, 0.1) is 0 Å². The number of rotatable bonds is 4. The maximum absolute atomic E-state index is 7.02. The lowest BCUT2D eigenvalue weighted by atomic mass is 9.72. The van der Waals surface area contributed by atoms with Crippen LogP contribution in [0.4, 0.5) is 0 Å². The molecule has 62 heavy (non-hydrogen) atoms. The van der Waals surface area contributed by atoms with Crippen molar-refractivity contribution in [3.63, 3.8) is 0 Å². The first-order chi connectivity index (χ1) is 30.3. The van der Waals surface area contributed by atoms with Crippen LogP contribution in [0.2, 0.25) is 0 Å². The van der Waals surface area contributed by atoms with E-state index in [1.54, 1.807) is 0 Å². The van der Waals surface area contributed by atoms with Crippen LogP contribution in [0.3, 0.4) is 0 Å². The number of para-hydroxylation sites is 2. The molecule has 0 saturated heterocycles. The smallest absolute Gasteiger partial charge is 0.144 e. The molecule has 0 radical (unpaired) electrons. The molecule has 294 valence electrons. The van der Waals surface area contributed by atoms with Gasteiger partial charge in [0.15, 0.2) is 0 Å². The topological polar surface area (TPSA) is 26.3 Å². The van der Waals surface area contributed by atoms with Gasteiger partial charge in [-0.2, -0.15) is 0 Å². The van der Waals surface area contributed by atoms with E-state index in [4.69, 9.17) is 8.83 Å². The van der Waals surface area contributed by atoms with E-state index in [2.05, 4.69) is 210 Å². The van der Waals surface area contributed by atoms with Crippen molar-refractivity contribution in [3.8, 4) is 66.8 Å². The highest BCUT2D eigenvalue weighted by Crippen LogP contribution is 2.63. The van der Waals surface area contributed by atoms with E-state index in [1.165, 1.54) is 88.7 Å². The molecular formula is C60H42O2. The van der Waals surface area contributed by atoms with Crippen molar-refractivity contribution >= 4 is 43.9 Å². The molecule has 2 nitrogen and oxygen atoms in total. The Morgan fingerprint density at radius 3 is 1.29 bits per heavy atom. The van der Waals surface area contributed by atoms with Crippen LogP contribution < -0.4 is 0 Å². The highest BCUT2D eigenvalue weighted by Gasteiger charge is 2.48. The highest BCUT2D eigenvalue weighted by molar-refractivity contribution is 6.21. The minimum atomic E-state index is -0.325. The molecule has 0 unspecified atom stereocenters. The highest BCUT2D eigenvalue weighted by atomic mass is 16.3. The van der Waals surface area contributed by atoms with E-state index in [1.807, 2.05) is 0 Å². The van der Waals surface area contributed by atoms with E-state index in [9.17, 15) is 0 Å². The molecule has 0 aliphatic heterocycles. The second kappa shape index (κ2) is 12.6. The van der Waals surface area contributed by atoms with Crippen LogP contribution in [0.1, 0.15) is 49.9 Å². The summed E-state index contributed by atoms with van der Waals surface area (Å²) < 4.78 is 13.9. The van der Waals surface area contributed by atoms with Crippen LogP contribution in [0.5, 0.6) is 0 Å². The van der Waals surface area contributed by atoms with Crippen LogP contribution in [0.15, 0.2) is 191 Å². The first kappa shape index (κ1) is 35.3. The van der Waals surface area contributed by atoms with Gasteiger partial charge in [0.2, 0.25) is 0 Å². The lowest BCUT2D eigenvalue weighted by Gasteiger charge is -2.31. The monoisotopic (exact) mass is 794 g/mol. The number of furan rings is 2. The zero-order valence-electron chi connectivity index (χ0n) is 35.1. The fourth-order valence-electron chi connectivity index (χ4n) is 11.3. The van der Waals surface area contributed by atoms with Gasteiger partial charge in [0.05, 0.1) is 0 Å². The summed E-state index contributed by atoms with van der Waals surface area (Å²) in [5.41, 5.74) is 23.1. The van der Waals surface area contributed by atoms with E-state index in [-0.39, 0.29) is 10.8 Å². The Hall–Kier alpha value is -7.42. The van der Waals surface area contributed by atoms with Crippen LogP contribution in [-0.4, -0.2) is 0 Å². The lowest BCUT2D eigenvalue weighted by molar-refractivity contribution is 0.601. The summed E-state index contributed by atoms with van der Waals surface area (Å²) in [4.78, 5) is 0. The van der Waals surface area contributed by atoms with Crippen LogP contribution in [-0.2, 0) is 10.8 Å². The summed E-state index contributed by atoms with van der Waals surface area (Å²) in [7, 11) is 0. The van der Waals surface area contributed by atoms with Crippen molar-refractivity contribution in [1.82, 2.24) is 0 Å². The van der Waals surface area contributed by atoms with Crippen molar-refractivity contribution in [3.05, 3.63) is 204 Å². The summed E-state index contributed by atoms with van der Waals surface area (Å²) in [5.74, 6) is 0. The molecular weight excluding hydrogens is 753 g/mol. The van der Waals surface area contributed by atoms with Gasteiger partial charge in [-0.15, -0.1) is 0 Å². The summed E-state index contributed by atoms with van der Waals surface area (Å²) >= 11 is 0. The third-order valence-electron chi connectivity index (χ3n) is 14.2. The third-order valence-corrected chi connectivity index (χ3v) is 14.2. The number of fused-ring (bicyclic) bond motifs is 15. The van der Waals surface area contributed by atoms with Gasteiger partial charge >= 0.3 is 0 Å². The van der Waals surface area contributed by atoms with Gasteiger partial charge in [-0.25, -0.2) is 0 Å². The van der Waals surface area contributed by atoms with E-state index < -0.39 is 0 Å². The average molecular weight is 795 g/mol. The summed E-state index contributed by atoms with van der Waals surface area (Å²) in [5, 5.41) is 4.67. The molecule has 2 heterocycles. The molecule has 0 saturated carbocycles. The SMILES string of the molecule is CC1(C)c2cc(-c3ccc(-c4ccccc4)cc3)c3c(oc4ccccc43)c2-c2ccc3c(c21)C(C)(C)c1cc(-c2ccc(-c4ccccc4)cc2)c2oc4ccccc4c2c1-3. The molecule has 2 aromatic heterocycles. The molecule has 11 aromatic rings. The minimum Gasteiger partial charge on any atom is -0.455 e. The molecule has 9 aromatic carbocycles. The standard InChI is InChI=1S/C60H42O2/c1-59(2)47-34-46(40-29-25-38(26-30-40)36-17-9-6-10-18-36)57-54(42-20-12-14-22-50(42)61-57)52(47)43-31-32-44-53-48(60(3,4)56(44)55(43)59)33-45(51-41-19-11-13-21-49(41)62-58(51)53)39-27-23-37(24-28-39)35-15-7-5-8-16-35/h5-34H,1-4H3. The third kappa shape index (κ3) is 4.75. The predicted molar refractivity (Wildman–Crippen MR) is 258 cm³/mol. The molecule has 0 spiro atoms. The maximum Gasteiger partial charge on any atom is 0.144 e. The van der Waals surface area contributed by atoms with Crippen LogP contribution in [0.25, 0.3) is 111 Å². The zero-order chi connectivity index (χ0) is 41.5. The molecule has 13 rings (SSSR count). The molecule has 2 heteroatoms. The lowest BCUT2D eigenvalue weighted by Crippen LogP contribution is -2.24. The fraction of sp³-hybridized carbons (Fsp3) is 0.100. The van der Waals surface area contributed by atoms with E-state index in [0.717, 1.165) is 44.2 Å². The Labute approximate surface area is 360 Å². The van der Waals surface area contributed by atoms with Gasteiger partial charge in [0, 0.05) is 43.5 Å². The summed E-state index contributed by atoms with van der Waals surface area (Å²) in [6.45, 7) is 9.72. The zero-order valence-corrected chi connectivity index (χ0v) is 35.1. The summed E-state index contributed by atoms with van der Waals surface area (Å²) in [6, 6.07) is 66.1. The Morgan fingerprint density at radius 2 is 0.726 bits per heavy atom. The van der Waals surface area contributed by atoms with Gasteiger partial charge in [0.1, 0.15) is 22.3 Å². The normalized spacial score (nSPS) is 14.4. The fourth-order valence-corrected chi connectivity index (χ4v) is 11.3. The first-order valence-electron chi connectivity index (χ1n) is 21.8. The van der Waals surface area contributed by atoms with Gasteiger partial charge in [-0.3, -0.25) is 0 Å². The Kier molecular flexibility index (Phi) is 7.16. The molecule has 0 N–H and O–H groups in total. The van der Waals surface area contributed by atoms with Gasteiger partial charge < -0.3 is 8.83 Å². The molecule has 2 aliphatic rings. The largest absolute Gasteiger partial charge is 0.455 e. The maximum atomic E-state index is 7.02. The van der Waals surface area contributed by atoms with E-state index >= 15 is 0 Å². The molecule has 2 aliphatic carbocycles. The molecule has 0 bridgehead atoms. The number of benzene rings is 9. The minimum absolute atomic E-state index is 0.316. The van der Waals surface area contributed by atoms with Crippen molar-refractivity contribution < 1.29 is 8.83 Å². The number of hydrogen-bond acceptors (Lipinski definition) is 2. The van der Waals surface area contributed by atoms with E-state index in [0.29, 0.717) is 0 Å². The molecule has 0 amide bonds. The predicted octanol–water partition coefficient (Wildman–Crippen LogP) is 16.8. The van der Waals surface area contributed by atoms with Crippen molar-refractivity contribution in [2.45, 2.75) is 38.5 Å². The number of hydrogen-bond donors (Lipinski definition) is 0. The summed E-state index contributed by atoms with van der Waals surface area (Å²) in [6.07, 6.45) is 0. The van der Waals surface area contributed by atoms with Crippen molar-refractivity contribution in [2.75, 3.05) is 0 Å². The second-order valence-corrected chi connectivity index (χ2v) is 18.3.